The molecule has 0 saturated heterocycles. The summed E-state index contributed by atoms with van der Waals surface area (Å²) in [6.45, 7) is 5.65. The van der Waals surface area contributed by atoms with Gasteiger partial charge in [-0.2, -0.15) is 0 Å². The molecule has 0 radical (unpaired) electrons. The van der Waals surface area contributed by atoms with Crippen molar-refractivity contribution in [3.8, 4) is 0 Å². The Hall–Kier alpha value is -2.27. The fourth-order valence-corrected chi connectivity index (χ4v) is 3.93. The Morgan fingerprint density at radius 3 is 2.50 bits per heavy atom. The van der Waals surface area contributed by atoms with Gasteiger partial charge in [-0.1, -0.05) is 12.1 Å². The van der Waals surface area contributed by atoms with Crippen LogP contribution < -0.4 is 4.72 Å². The molecular formula is C17H18N2O2S. The maximum atomic E-state index is 12.6. The first kappa shape index (κ1) is 14.7. The van der Waals surface area contributed by atoms with Crippen molar-refractivity contribution in [1.82, 2.24) is 4.98 Å². The molecule has 2 N–H and O–H groups in total. The second-order valence-electron chi connectivity index (χ2n) is 5.63. The van der Waals surface area contributed by atoms with Gasteiger partial charge in [-0.3, -0.25) is 4.72 Å². The summed E-state index contributed by atoms with van der Waals surface area (Å²) in [7, 11) is -3.59. The van der Waals surface area contributed by atoms with E-state index >= 15 is 0 Å². The number of benzene rings is 2. The second kappa shape index (κ2) is 5.18. The van der Waals surface area contributed by atoms with Gasteiger partial charge in [0.2, 0.25) is 0 Å². The van der Waals surface area contributed by atoms with Gasteiger partial charge >= 0.3 is 0 Å². The van der Waals surface area contributed by atoms with Crippen LogP contribution in [0.4, 0.5) is 5.69 Å². The van der Waals surface area contributed by atoms with E-state index in [0.29, 0.717) is 10.6 Å². The van der Waals surface area contributed by atoms with Crippen LogP contribution in [0.5, 0.6) is 0 Å². The molecule has 0 atom stereocenters. The molecule has 0 spiro atoms. The molecule has 0 aliphatic rings. The lowest BCUT2D eigenvalue weighted by atomic mass is 10.2. The second-order valence-corrected chi connectivity index (χ2v) is 7.28. The van der Waals surface area contributed by atoms with E-state index in [1.165, 1.54) is 0 Å². The van der Waals surface area contributed by atoms with E-state index in [1.807, 2.05) is 44.2 Å². The van der Waals surface area contributed by atoms with Gasteiger partial charge in [0.25, 0.3) is 10.0 Å². The van der Waals surface area contributed by atoms with E-state index in [1.54, 1.807) is 19.1 Å². The predicted octanol–water partition coefficient (Wildman–Crippen LogP) is 3.89. The van der Waals surface area contributed by atoms with Crippen LogP contribution >= 0.6 is 0 Å². The van der Waals surface area contributed by atoms with Gasteiger partial charge in [0.05, 0.1) is 4.90 Å². The largest absolute Gasteiger partial charge is 0.359 e. The number of rotatable bonds is 3. The summed E-state index contributed by atoms with van der Waals surface area (Å²) in [5.74, 6) is 0. The van der Waals surface area contributed by atoms with Gasteiger partial charge in [0.15, 0.2) is 0 Å². The minimum atomic E-state index is -3.59. The first-order valence-corrected chi connectivity index (χ1v) is 8.53. The van der Waals surface area contributed by atoms with E-state index in [2.05, 4.69) is 9.71 Å². The third kappa shape index (κ3) is 2.72. The smallest absolute Gasteiger partial charge is 0.262 e. The van der Waals surface area contributed by atoms with Crippen molar-refractivity contribution in [2.75, 3.05) is 4.72 Å². The molecule has 3 aromatic rings. The third-order valence-electron chi connectivity index (χ3n) is 3.64. The van der Waals surface area contributed by atoms with Gasteiger partial charge in [0.1, 0.15) is 0 Å². The minimum Gasteiger partial charge on any atom is -0.359 e. The van der Waals surface area contributed by atoms with Crippen LogP contribution in [0.25, 0.3) is 10.9 Å². The lowest BCUT2D eigenvalue weighted by molar-refractivity contribution is 0.600. The number of aromatic nitrogens is 1. The molecule has 1 heterocycles. The van der Waals surface area contributed by atoms with Gasteiger partial charge < -0.3 is 4.98 Å². The lowest BCUT2D eigenvalue weighted by Gasteiger charge is -2.11. The molecule has 22 heavy (non-hydrogen) atoms. The molecule has 114 valence electrons. The van der Waals surface area contributed by atoms with Gasteiger partial charge in [0, 0.05) is 22.3 Å². The Bertz CT molecular complexity index is 956. The molecule has 2 aromatic carbocycles. The number of aryl methyl sites for hydroxylation is 3. The summed E-state index contributed by atoms with van der Waals surface area (Å²) in [6.07, 6.45) is 0. The highest BCUT2D eigenvalue weighted by Gasteiger charge is 2.17. The Morgan fingerprint density at radius 2 is 1.73 bits per heavy atom. The molecule has 0 saturated carbocycles. The number of sulfonamides is 1. The normalized spacial score (nSPS) is 11.8. The maximum Gasteiger partial charge on any atom is 0.262 e. The van der Waals surface area contributed by atoms with Crippen molar-refractivity contribution in [1.29, 1.82) is 0 Å². The number of aromatic amines is 1. The average Bonchev–Trinajstić information content (AvgIpc) is 2.80. The van der Waals surface area contributed by atoms with E-state index in [0.717, 1.165) is 27.7 Å². The maximum absolute atomic E-state index is 12.6. The molecule has 4 nitrogen and oxygen atoms in total. The first-order valence-electron chi connectivity index (χ1n) is 7.04. The highest BCUT2D eigenvalue weighted by atomic mass is 32.2. The number of anilines is 1. The monoisotopic (exact) mass is 314 g/mol. The zero-order valence-electron chi connectivity index (χ0n) is 12.8. The van der Waals surface area contributed by atoms with Crippen molar-refractivity contribution >= 4 is 26.6 Å². The molecule has 0 unspecified atom stereocenters. The molecule has 0 aliphatic heterocycles. The van der Waals surface area contributed by atoms with Crippen molar-refractivity contribution in [3.63, 3.8) is 0 Å². The topological polar surface area (TPSA) is 62.0 Å². The van der Waals surface area contributed by atoms with Crippen LogP contribution in [0, 0.1) is 20.8 Å². The number of hydrogen-bond donors (Lipinski definition) is 2. The number of fused-ring (bicyclic) bond motifs is 1. The van der Waals surface area contributed by atoms with Crippen LogP contribution in [0.1, 0.15) is 16.8 Å². The SMILES string of the molecule is Cc1ccc(C)c(S(=O)(=O)Nc2ccc3[nH]c(C)cc3c2)c1. The van der Waals surface area contributed by atoms with E-state index in [9.17, 15) is 8.42 Å². The van der Waals surface area contributed by atoms with Crippen molar-refractivity contribution in [2.45, 2.75) is 25.7 Å². The minimum absolute atomic E-state index is 0.317. The zero-order chi connectivity index (χ0) is 15.9. The van der Waals surface area contributed by atoms with E-state index in [-0.39, 0.29) is 0 Å². The fraction of sp³-hybridized carbons (Fsp3) is 0.176. The summed E-state index contributed by atoms with van der Waals surface area (Å²) >= 11 is 0. The third-order valence-corrected chi connectivity index (χ3v) is 5.16. The number of hydrogen-bond acceptors (Lipinski definition) is 2. The molecule has 0 amide bonds. The van der Waals surface area contributed by atoms with Crippen LogP contribution in [0.2, 0.25) is 0 Å². The van der Waals surface area contributed by atoms with Crippen LogP contribution in [-0.4, -0.2) is 13.4 Å². The summed E-state index contributed by atoms with van der Waals surface area (Å²) < 4.78 is 27.9. The molecule has 1 aromatic heterocycles. The zero-order valence-corrected chi connectivity index (χ0v) is 13.6. The highest BCUT2D eigenvalue weighted by molar-refractivity contribution is 7.92. The number of nitrogens with one attached hydrogen (secondary N) is 2. The molecule has 0 fully saturated rings. The Morgan fingerprint density at radius 1 is 0.955 bits per heavy atom. The quantitative estimate of drug-likeness (QED) is 0.770. The Labute approximate surface area is 130 Å². The number of H-pyrrole nitrogens is 1. The highest BCUT2D eigenvalue weighted by Crippen LogP contribution is 2.24. The summed E-state index contributed by atoms with van der Waals surface area (Å²) in [5, 5.41) is 0.985. The molecule has 3 rings (SSSR count). The Balaban J connectivity index is 2.00. The molecular weight excluding hydrogens is 296 g/mol. The molecule has 5 heteroatoms. The lowest BCUT2D eigenvalue weighted by Crippen LogP contribution is -2.14. The van der Waals surface area contributed by atoms with E-state index < -0.39 is 10.0 Å². The van der Waals surface area contributed by atoms with E-state index in [4.69, 9.17) is 0 Å². The summed E-state index contributed by atoms with van der Waals surface area (Å²) in [4.78, 5) is 3.54. The Kier molecular flexibility index (Phi) is 3.45. The van der Waals surface area contributed by atoms with Crippen LogP contribution in [0.3, 0.4) is 0 Å². The van der Waals surface area contributed by atoms with Crippen LogP contribution in [0.15, 0.2) is 47.4 Å². The van der Waals surface area contributed by atoms with Crippen LogP contribution in [-0.2, 0) is 10.0 Å². The van der Waals surface area contributed by atoms with Crippen molar-refractivity contribution in [2.24, 2.45) is 0 Å². The summed E-state index contributed by atoms with van der Waals surface area (Å²) in [6, 6.07) is 12.9. The average molecular weight is 314 g/mol. The van der Waals surface area contributed by atoms with Crippen molar-refractivity contribution in [3.05, 3.63) is 59.3 Å². The fourth-order valence-electron chi connectivity index (χ4n) is 2.55. The van der Waals surface area contributed by atoms with Gasteiger partial charge in [-0.15, -0.1) is 0 Å². The molecule has 0 aliphatic carbocycles. The summed E-state index contributed by atoms with van der Waals surface area (Å²) in [5.41, 5.74) is 4.25. The standard InChI is InChI=1S/C17H18N2O2S/c1-11-4-5-12(2)17(8-11)22(20,21)19-15-6-7-16-14(10-15)9-13(3)18-16/h4-10,18-19H,1-3H3. The first-order chi connectivity index (χ1) is 10.3. The van der Waals surface area contributed by atoms with Gasteiger partial charge in [-0.05, 0) is 62.2 Å². The predicted molar refractivity (Wildman–Crippen MR) is 89.8 cm³/mol. The van der Waals surface area contributed by atoms with Gasteiger partial charge in [-0.25, -0.2) is 8.42 Å². The molecule has 0 bridgehead atoms. The van der Waals surface area contributed by atoms with Crippen molar-refractivity contribution < 1.29 is 8.42 Å².